The van der Waals surface area contributed by atoms with E-state index in [-0.39, 0.29) is 47.3 Å². The molecule has 176 valence electrons. The molecule has 0 aliphatic carbocycles. The van der Waals surface area contributed by atoms with E-state index in [1.807, 2.05) is 0 Å². The number of Topliss-reactive ketones (excluding diaryl/α,β-unsaturated/α-hetero) is 1. The minimum atomic E-state index is -0.924. The molecule has 1 fully saturated rings. The molecule has 3 rings (SSSR count). The van der Waals surface area contributed by atoms with Crippen LogP contribution in [0.5, 0.6) is 23.0 Å². The molecule has 2 aromatic rings. The third-order valence-electron chi connectivity index (χ3n) is 5.34. The highest BCUT2D eigenvalue weighted by molar-refractivity contribution is 6.46. The van der Waals surface area contributed by atoms with Crippen LogP contribution in [-0.4, -0.2) is 67.9 Å². The number of carbonyl (C=O) groups is 2. The van der Waals surface area contributed by atoms with Gasteiger partial charge in [0.05, 0.1) is 44.6 Å². The monoisotopic (exact) mass is 457 g/mol. The molecule has 0 bridgehead atoms. The van der Waals surface area contributed by atoms with Gasteiger partial charge < -0.3 is 34.1 Å². The van der Waals surface area contributed by atoms with Crippen LogP contribution in [0.25, 0.3) is 5.76 Å². The number of aliphatic hydroxyl groups excluding tert-OH is 1. The van der Waals surface area contributed by atoms with Crippen molar-refractivity contribution in [2.24, 2.45) is 0 Å². The fourth-order valence-electron chi connectivity index (χ4n) is 3.76. The third kappa shape index (κ3) is 4.58. The van der Waals surface area contributed by atoms with Gasteiger partial charge in [-0.2, -0.15) is 0 Å². The van der Waals surface area contributed by atoms with E-state index in [1.165, 1.54) is 32.3 Å². The summed E-state index contributed by atoms with van der Waals surface area (Å²) in [5, 5.41) is 21.3. The van der Waals surface area contributed by atoms with Gasteiger partial charge in [-0.1, -0.05) is 6.07 Å². The number of likely N-dealkylation sites (tertiary alicyclic amines) is 1. The molecule has 0 spiro atoms. The molecule has 1 unspecified atom stereocenters. The van der Waals surface area contributed by atoms with Gasteiger partial charge in [0.15, 0.2) is 11.5 Å². The second-order valence-corrected chi connectivity index (χ2v) is 7.21. The number of nitrogens with zero attached hydrogens (tertiary/aromatic N) is 1. The van der Waals surface area contributed by atoms with Crippen molar-refractivity contribution in [1.82, 2.24) is 4.90 Å². The molecular formula is C24H27NO8. The summed E-state index contributed by atoms with van der Waals surface area (Å²) in [6.45, 7) is 2.38. The van der Waals surface area contributed by atoms with Crippen LogP contribution in [0, 0.1) is 0 Å². The third-order valence-corrected chi connectivity index (χ3v) is 5.34. The molecule has 2 aromatic carbocycles. The maximum absolute atomic E-state index is 13.1. The number of hydrogen-bond donors (Lipinski definition) is 2. The summed E-state index contributed by atoms with van der Waals surface area (Å²) in [7, 11) is 4.41. The van der Waals surface area contributed by atoms with E-state index < -0.39 is 17.7 Å². The Morgan fingerprint density at radius 1 is 1.03 bits per heavy atom. The number of carbonyl (C=O) groups excluding carboxylic acids is 2. The Bertz CT molecular complexity index is 1080. The maximum Gasteiger partial charge on any atom is 0.295 e. The number of rotatable bonds is 9. The Labute approximate surface area is 191 Å². The lowest BCUT2D eigenvalue weighted by atomic mass is 9.94. The van der Waals surface area contributed by atoms with Crippen LogP contribution in [0.1, 0.15) is 24.1 Å². The number of ether oxygens (including phenoxy) is 4. The smallest absolute Gasteiger partial charge is 0.295 e. The zero-order valence-corrected chi connectivity index (χ0v) is 19.0. The highest BCUT2D eigenvalue weighted by atomic mass is 16.5. The number of hydrogen-bond acceptors (Lipinski definition) is 8. The Kier molecular flexibility index (Phi) is 7.44. The van der Waals surface area contributed by atoms with Crippen LogP contribution in [0.15, 0.2) is 42.0 Å². The number of benzene rings is 2. The summed E-state index contributed by atoms with van der Waals surface area (Å²) in [5.74, 6) is -1.09. The van der Waals surface area contributed by atoms with E-state index in [1.54, 1.807) is 37.3 Å². The van der Waals surface area contributed by atoms with Gasteiger partial charge in [0.1, 0.15) is 17.3 Å². The van der Waals surface area contributed by atoms with Gasteiger partial charge in [-0.25, -0.2) is 0 Å². The van der Waals surface area contributed by atoms with Crippen molar-refractivity contribution in [3.8, 4) is 23.0 Å². The van der Waals surface area contributed by atoms with E-state index in [4.69, 9.17) is 18.9 Å². The molecule has 9 nitrogen and oxygen atoms in total. The van der Waals surface area contributed by atoms with Gasteiger partial charge in [-0.05, 0) is 36.8 Å². The van der Waals surface area contributed by atoms with Gasteiger partial charge in [-0.3, -0.25) is 9.59 Å². The fourth-order valence-corrected chi connectivity index (χ4v) is 3.76. The van der Waals surface area contributed by atoms with Gasteiger partial charge in [-0.15, -0.1) is 0 Å². The van der Waals surface area contributed by atoms with E-state index in [9.17, 15) is 19.8 Å². The number of aliphatic hydroxyl groups is 1. The Balaban J connectivity index is 2.22. The summed E-state index contributed by atoms with van der Waals surface area (Å²) in [6, 6.07) is 8.35. The molecule has 1 atom stereocenters. The molecular weight excluding hydrogens is 430 g/mol. The van der Waals surface area contributed by atoms with Crippen LogP contribution >= 0.6 is 0 Å². The number of ketones is 1. The molecule has 1 saturated heterocycles. The molecule has 1 aliphatic rings. The van der Waals surface area contributed by atoms with Crippen molar-refractivity contribution in [3.05, 3.63) is 53.1 Å². The molecule has 0 saturated carbocycles. The normalized spacial score (nSPS) is 17.3. The van der Waals surface area contributed by atoms with Gasteiger partial charge in [0.25, 0.3) is 11.7 Å². The van der Waals surface area contributed by atoms with Crippen molar-refractivity contribution in [3.63, 3.8) is 0 Å². The first-order valence-corrected chi connectivity index (χ1v) is 10.3. The topological polar surface area (TPSA) is 115 Å². The number of aromatic hydroxyl groups is 1. The highest BCUT2D eigenvalue weighted by Crippen LogP contribution is 2.43. The van der Waals surface area contributed by atoms with Crippen LogP contribution < -0.4 is 14.2 Å². The van der Waals surface area contributed by atoms with E-state index >= 15 is 0 Å². The lowest BCUT2D eigenvalue weighted by molar-refractivity contribution is -0.140. The number of methoxy groups -OCH3 is 3. The van der Waals surface area contributed by atoms with Crippen LogP contribution in [0.2, 0.25) is 0 Å². The molecule has 1 heterocycles. The molecule has 0 aromatic heterocycles. The second-order valence-electron chi connectivity index (χ2n) is 7.21. The minimum Gasteiger partial charge on any atom is -0.507 e. The van der Waals surface area contributed by atoms with Crippen molar-refractivity contribution in [1.29, 1.82) is 0 Å². The number of amides is 1. The Hall–Kier alpha value is -3.72. The van der Waals surface area contributed by atoms with E-state index in [2.05, 4.69) is 0 Å². The Morgan fingerprint density at radius 3 is 2.42 bits per heavy atom. The quantitative estimate of drug-likeness (QED) is 0.336. The SMILES string of the molecule is CCOc1cc(C2/C(=C(\O)c3ccc(OC)cc3OC)C(=O)C(=O)N2CCOC)ccc1O. The van der Waals surface area contributed by atoms with Gasteiger partial charge in [0, 0.05) is 19.7 Å². The maximum atomic E-state index is 13.1. The summed E-state index contributed by atoms with van der Waals surface area (Å²) in [6.07, 6.45) is 0. The van der Waals surface area contributed by atoms with Crippen molar-refractivity contribution in [2.45, 2.75) is 13.0 Å². The second kappa shape index (κ2) is 10.3. The fraction of sp³-hybridized carbons (Fsp3) is 0.333. The average Bonchev–Trinajstić information content (AvgIpc) is 3.08. The van der Waals surface area contributed by atoms with Crippen LogP contribution in [0.3, 0.4) is 0 Å². The first-order valence-electron chi connectivity index (χ1n) is 10.3. The predicted octanol–water partition coefficient (Wildman–Crippen LogP) is 2.88. The number of phenols is 1. The zero-order valence-electron chi connectivity index (χ0n) is 19.0. The lowest BCUT2D eigenvalue weighted by Gasteiger charge is -2.25. The predicted molar refractivity (Wildman–Crippen MR) is 120 cm³/mol. The summed E-state index contributed by atoms with van der Waals surface area (Å²) in [4.78, 5) is 27.3. The summed E-state index contributed by atoms with van der Waals surface area (Å²) >= 11 is 0. The van der Waals surface area contributed by atoms with Gasteiger partial charge in [0.2, 0.25) is 0 Å². The van der Waals surface area contributed by atoms with E-state index in [0.29, 0.717) is 17.9 Å². The molecule has 9 heteroatoms. The van der Waals surface area contributed by atoms with Crippen molar-refractivity contribution in [2.75, 3.05) is 41.1 Å². The molecule has 1 aliphatic heterocycles. The molecule has 2 N–H and O–H groups in total. The summed E-state index contributed by atoms with van der Waals surface area (Å²) in [5.41, 5.74) is 0.616. The molecule has 33 heavy (non-hydrogen) atoms. The summed E-state index contributed by atoms with van der Waals surface area (Å²) < 4.78 is 21.2. The Morgan fingerprint density at radius 2 is 1.79 bits per heavy atom. The van der Waals surface area contributed by atoms with Gasteiger partial charge >= 0.3 is 0 Å². The average molecular weight is 457 g/mol. The van der Waals surface area contributed by atoms with Crippen LogP contribution in [0.4, 0.5) is 0 Å². The zero-order chi connectivity index (χ0) is 24.1. The van der Waals surface area contributed by atoms with Crippen LogP contribution in [-0.2, 0) is 14.3 Å². The lowest BCUT2D eigenvalue weighted by Crippen LogP contribution is -2.32. The van der Waals surface area contributed by atoms with Crippen molar-refractivity contribution >= 4 is 17.4 Å². The highest BCUT2D eigenvalue weighted by Gasteiger charge is 2.46. The first kappa shape index (κ1) is 23.9. The van der Waals surface area contributed by atoms with Crippen molar-refractivity contribution < 1.29 is 38.7 Å². The standard InChI is InChI=1S/C24H27NO8/c1-5-33-19-12-14(6-9-17(19)26)21-20(23(28)24(29)25(21)10-11-30-2)22(27)16-8-7-15(31-3)13-18(16)32-4/h6-9,12-13,21,26-27H,5,10-11H2,1-4H3/b22-20+. The number of phenolic OH excluding ortho intramolecular Hbond substituents is 1. The largest absolute Gasteiger partial charge is 0.507 e. The molecule has 0 radical (unpaired) electrons. The first-order chi connectivity index (χ1) is 15.9. The van der Waals surface area contributed by atoms with E-state index in [0.717, 1.165) is 0 Å². The minimum absolute atomic E-state index is 0.0775. The molecule has 1 amide bonds.